The molecule has 43 heavy (non-hydrogen) atoms. The molecule has 10 atom stereocenters. The van der Waals surface area contributed by atoms with Crippen LogP contribution in [0, 0.1) is 34.5 Å². The summed E-state index contributed by atoms with van der Waals surface area (Å²) >= 11 is 0. The van der Waals surface area contributed by atoms with Crippen molar-refractivity contribution in [2.75, 3.05) is 6.61 Å². The highest BCUT2D eigenvalue weighted by Gasteiger charge is 2.90. The molecule has 0 amide bonds. The van der Waals surface area contributed by atoms with E-state index in [0.29, 0.717) is 12.0 Å². The van der Waals surface area contributed by atoms with E-state index in [1.807, 2.05) is 6.92 Å². The van der Waals surface area contributed by atoms with Crippen LogP contribution in [0.4, 0.5) is 0 Å². The fraction of sp³-hybridized carbons (Fsp3) is 0.889. The van der Waals surface area contributed by atoms with Crippen molar-refractivity contribution >= 4 is 11.8 Å². The van der Waals surface area contributed by atoms with Crippen molar-refractivity contribution in [2.45, 2.75) is 160 Å². The lowest BCUT2D eigenvalue weighted by molar-refractivity contribution is -0.222. The van der Waals surface area contributed by atoms with Gasteiger partial charge in [0.05, 0.1) is 17.9 Å². The predicted molar refractivity (Wildman–Crippen MR) is 165 cm³/mol. The number of Topliss-reactive ketones (excluding diaryl/α,β-unsaturated/α-hetero) is 1. The Bertz CT molecular complexity index is 1100. The molecule has 4 aliphatic carbocycles. The molecule has 1 saturated heterocycles. The van der Waals surface area contributed by atoms with Crippen molar-refractivity contribution < 1.29 is 34.4 Å². The fourth-order valence-electron chi connectivity index (χ4n) is 10.1. The number of unbranched alkanes of at least 4 members (excludes halogenated alkanes) is 11. The third-order valence-corrected chi connectivity index (χ3v) is 12.9. The number of aliphatic hydroxyl groups excluding tert-OH is 2. The standard InChI is InChI=1S/C36H58O7/c1-7-8-9-10-11-12-13-14-15-16-17-18-19-26(38)42-30-23(2)21-34-24(3)20-25-27(32(25,4)5)28(29(34)39)33(6)35(22-37,43-33)31(40)36(30,34)41/h21,24-25,27-28,30-31,37,40-41H,7-20,22H2,1-6H3. The summed E-state index contributed by atoms with van der Waals surface area (Å²) in [5, 5.41) is 35.4. The predicted octanol–water partition coefficient (Wildman–Crippen LogP) is 6.06. The van der Waals surface area contributed by atoms with Gasteiger partial charge in [0, 0.05) is 6.42 Å². The number of ether oxygens (including phenoxy) is 2. The third kappa shape index (κ3) is 4.80. The first-order valence-electron chi connectivity index (χ1n) is 17.5. The van der Waals surface area contributed by atoms with E-state index in [2.05, 4.69) is 20.8 Å². The average molecular weight is 603 g/mol. The van der Waals surface area contributed by atoms with Gasteiger partial charge in [-0.2, -0.15) is 0 Å². The Morgan fingerprint density at radius 3 is 2.12 bits per heavy atom. The fourth-order valence-corrected chi connectivity index (χ4v) is 10.1. The summed E-state index contributed by atoms with van der Waals surface area (Å²) < 4.78 is 12.2. The highest BCUT2D eigenvalue weighted by molar-refractivity contribution is 5.95. The minimum absolute atomic E-state index is 0.0379. The molecule has 1 aliphatic heterocycles. The van der Waals surface area contributed by atoms with E-state index in [1.165, 1.54) is 57.8 Å². The average Bonchev–Trinajstić information content (AvgIpc) is 3.74. The van der Waals surface area contributed by atoms with Gasteiger partial charge in [-0.3, -0.25) is 9.59 Å². The molecule has 3 N–H and O–H groups in total. The highest BCUT2D eigenvalue weighted by atomic mass is 16.7. The summed E-state index contributed by atoms with van der Waals surface area (Å²) in [6.45, 7) is 11.6. The van der Waals surface area contributed by atoms with Crippen LogP contribution in [0.2, 0.25) is 0 Å². The van der Waals surface area contributed by atoms with Gasteiger partial charge in [0.15, 0.2) is 17.5 Å². The van der Waals surface area contributed by atoms with E-state index >= 15 is 0 Å². The van der Waals surface area contributed by atoms with Gasteiger partial charge in [0.1, 0.15) is 17.3 Å². The van der Waals surface area contributed by atoms with Crippen LogP contribution in [0.15, 0.2) is 11.6 Å². The van der Waals surface area contributed by atoms with E-state index in [9.17, 15) is 24.9 Å². The molecule has 7 nitrogen and oxygen atoms in total. The highest BCUT2D eigenvalue weighted by Crippen LogP contribution is 2.78. The minimum Gasteiger partial charge on any atom is -0.455 e. The number of hydrogen-bond donors (Lipinski definition) is 3. The van der Waals surface area contributed by atoms with Crippen molar-refractivity contribution in [1.82, 2.24) is 0 Å². The topological polar surface area (TPSA) is 117 Å². The zero-order valence-corrected chi connectivity index (χ0v) is 27.6. The molecule has 0 aromatic heterocycles. The maximum Gasteiger partial charge on any atom is 0.306 e. The molecule has 4 fully saturated rings. The van der Waals surface area contributed by atoms with Gasteiger partial charge in [-0.05, 0) is 55.4 Å². The van der Waals surface area contributed by atoms with Crippen LogP contribution < -0.4 is 0 Å². The molecule has 3 saturated carbocycles. The molecule has 10 unspecified atom stereocenters. The Morgan fingerprint density at radius 1 is 1.00 bits per heavy atom. The number of rotatable bonds is 15. The van der Waals surface area contributed by atoms with E-state index in [4.69, 9.17) is 9.47 Å². The maximum atomic E-state index is 14.8. The monoisotopic (exact) mass is 602 g/mol. The number of aliphatic hydroxyl groups is 3. The van der Waals surface area contributed by atoms with Gasteiger partial charge < -0.3 is 24.8 Å². The van der Waals surface area contributed by atoms with Crippen molar-refractivity contribution in [1.29, 1.82) is 0 Å². The van der Waals surface area contributed by atoms with E-state index < -0.39 is 52.9 Å². The molecular formula is C36H58O7. The summed E-state index contributed by atoms with van der Waals surface area (Å²) in [5.74, 6) is -1.13. The molecule has 1 spiro atoms. The van der Waals surface area contributed by atoms with E-state index in [-0.39, 0.29) is 35.4 Å². The number of epoxide rings is 1. The first-order chi connectivity index (χ1) is 20.3. The smallest absolute Gasteiger partial charge is 0.306 e. The Balaban J connectivity index is 1.24. The molecule has 5 rings (SSSR count). The Hall–Kier alpha value is -1.28. The molecular weight excluding hydrogens is 544 g/mol. The molecule has 7 heteroatoms. The molecule has 244 valence electrons. The second-order valence-corrected chi connectivity index (χ2v) is 15.7. The molecule has 0 aromatic carbocycles. The van der Waals surface area contributed by atoms with E-state index in [1.54, 1.807) is 19.9 Å². The largest absolute Gasteiger partial charge is 0.455 e. The molecule has 0 aromatic rings. The SMILES string of the molecule is CCCCCCCCCCCCCCC(=O)OC1C(C)=CC23C(=O)C(C4C(CC2C)C4(C)C)C2(C)OC2(CO)C(O)C13O. The molecule has 5 aliphatic rings. The first-order valence-corrected chi connectivity index (χ1v) is 17.5. The number of ketones is 1. The second-order valence-electron chi connectivity index (χ2n) is 15.7. The van der Waals surface area contributed by atoms with Crippen molar-refractivity contribution in [3.05, 3.63) is 11.6 Å². The lowest BCUT2D eigenvalue weighted by Gasteiger charge is -2.49. The van der Waals surface area contributed by atoms with Crippen LogP contribution in [-0.4, -0.2) is 62.7 Å². The zero-order chi connectivity index (χ0) is 31.4. The van der Waals surface area contributed by atoms with Crippen molar-refractivity contribution in [3.8, 4) is 0 Å². The minimum atomic E-state index is -2.13. The summed E-state index contributed by atoms with van der Waals surface area (Å²) in [6, 6.07) is 0. The van der Waals surface area contributed by atoms with Crippen LogP contribution in [0.5, 0.6) is 0 Å². The van der Waals surface area contributed by atoms with Gasteiger partial charge in [0.25, 0.3) is 0 Å². The molecule has 2 bridgehead atoms. The number of fused-ring (bicyclic) bond motifs is 5. The lowest BCUT2D eigenvalue weighted by Crippen LogP contribution is -2.68. The Labute approximate surface area is 259 Å². The van der Waals surface area contributed by atoms with Gasteiger partial charge >= 0.3 is 5.97 Å². The lowest BCUT2D eigenvalue weighted by atomic mass is 9.59. The van der Waals surface area contributed by atoms with Crippen LogP contribution >= 0.6 is 0 Å². The Kier molecular flexibility index (Phi) is 9.10. The second kappa shape index (κ2) is 11.8. The summed E-state index contributed by atoms with van der Waals surface area (Å²) in [4.78, 5) is 28.0. The summed E-state index contributed by atoms with van der Waals surface area (Å²) in [7, 11) is 0. The van der Waals surface area contributed by atoms with Crippen molar-refractivity contribution in [2.24, 2.45) is 34.5 Å². The summed E-state index contributed by atoms with van der Waals surface area (Å²) in [5.41, 5.74) is -5.64. The van der Waals surface area contributed by atoms with E-state index in [0.717, 1.165) is 19.3 Å². The van der Waals surface area contributed by atoms with Gasteiger partial charge in [0.2, 0.25) is 0 Å². The van der Waals surface area contributed by atoms with Crippen LogP contribution in [0.3, 0.4) is 0 Å². The molecule has 0 radical (unpaired) electrons. The maximum absolute atomic E-state index is 14.8. The van der Waals surface area contributed by atoms with Crippen LogP contribution in [0.1, 0.15) is 131 Å². The zero-order valence-electron chi connectivity index (χ0n) is 27.6. The number of esters is 1. The normalized spacial score (nSPS) is 43.6. The number of carbonyl (C=O) groups excluding carboxylic acids is 2. The quantitative estimate of drug-likeness (QED) is 0.0903. The first kappa shape index (κ1) is 33.1. The van der Waals surface area contributed by atoms with Crippen molar-refractivity contribution in [3.63, 3.8) is 0 Å². The van der Waals surface area contributed by atoms with Gasteiger partial charge in [-0.25, -0.2) is 0 Å². The number of carbonyl (C=O) groups is 2. The van der Waals surface area contributed by atoms with Gasteiger partial charge in [-0.15, -0.1) is 0 Å². The Morgan fingerprint density at radius 2 is 1.56 bits per heavy atom. The summed E-state index contributed by atoms with van der Waals surface area (Å²) in [6.07, 6.45) is 14.3. The number of hydrogen-bond acceptors (Lipinski definition) is 7. The van der Waals surface area contributed by atoms with Crippen LogP contribution in [0.25, 0.3) is 0 Å². The van der Waals surface area contributed by atoms with Gasteiger partial charge in [-0.1, -0.05) is 104 Å². The van der Waals surface area contributed by atoms with Crippen LogP contribution in [-0.2, 0) is 19.1 Å². The molecule has 1 heterocycles. The third-order valence-electron chi connectivity index (χ3n) is 12.9.